The van der Waals surface area contributed by atoms with Gasteiger partial charge in [-0.15, -0.1) is 0 Å². The molecule has 90 valence electrons. The maximum atomic E-state index is 5.70. The number of hydrogen-bond acceptors (Lipinski definition) is 4. The normalized spacial score (nSPS) is 26.4. The molecule has 0 aliphatic heterocycles. The predicted molar refractivity (Wildman–Crippen MR) is 58.5 cm³/mol. The summed E-state index contributed by atoms with van der Waals surface area (Å²) in [7, 11) is 3.24. The van der Waals surface area contributed by atoms with Gasteiger partial charge >= 0.3 is 0 Å². The summed E-state index contributed by atoms with van der Waals surface area (Å²) in [6.07, 6.45) is 3.53. The maximum absolute atomic E-state index is 5.70. The fourth-order valence-corrected chi connectivity index (χ4v) is 2.19. The smallest absolute Gasteiger partial charge is 0.180 e. The average Bonchev–Trinajstić information content (AvgIpc) is 2.72. The molecule has 0 bridgehead atoms. The van der Waals surface area contributed by atoms with Crippen molar-refractivity contribution < 1.29 is 14.2 Å². The number of ether oxygens (including phenoxy) is 3. The maximum Gasteiger partial charge on any atom is 0.180 e. The van der Waals surface area contributed by atoms with Crippen molar-refractivity contribution in [1.82, 2.24) is 0 Å². The van der Waals surface area contributed by atoms with Gasteiger partial charge in [0.05, 0.1) is 6.61 Å². The van der Waals surface area contributed by atoms with Crippen LogP contribution in [0.15, 0.2) is 0 Å². The van der Waals surface area contributed by atoms with Crippen molar-refractivity contribution in [2.75, 3.05) is 34.0 Å². The molecule has 2 unspecified atom stereocenters. The molecule has 4 heteroatoms. The summed E-state index contributed by atoms with van der Waals surface area (Å²) in [5, 5.41) is 0. The first-order valence-corrected chi connectivity index (χ1v) is 5.65. The van der Waals surface area contributed by atoms with Gasteiger partial charge in [-0.05, 0) is 31.2 Å². The van der Waals surface area contributed by atoms with Crippen LogP contribution in [0.4, 0.5) is 0 Å². The molecule has 2 N–H and O–H groups in total. The third-order valence-electron chi connectivity index (χ3n) is 3.23. The molecule has 0 spiro atoms. The Balaban J connectivity index is 2.13. The van der Waals surface area contributed by atoms with Gasteiger partial charge in [0.25, 0.3) is 0 Å². The monoisotopic (exact) mass is 217 g/mol. The van der Waals surface area contributed by atoms with E-state index in [1.807, 2.05) is 0 Å². The van der Waals surface area contributed by atoms with Crippen LogP contribution in [0.1, 0.15) is 19.3 Å². The molecule has 1 saturated carbocycles. The number of methoxy groups -OCH3 is 2. The molecule has 4 nitrogen and oxygen atoms in total. The van der Waals surface area contributed by atoms with Crippen LogP contribution in [0.2, 0.25) is 0 Å². The van der Waals surface area contributed by atoms with E-state index in [9.17, 15) is 0 Å². The van der Waals surface area contributed by atoms with E-state index in [1.54, 1.807) is 14.2 Å². The van der Waals surface area contributed by atoms with Gasteiger partial charge in [-0.25, -0.2) is 0 Å². The molecule has 0 aromatic carbocycles. The van der Waals surface area contributed by atoms with E-state index >= 15 is 0 Å². The molecule has 0 aromatic rings. The third-order valence-corrected chi connectivity index (χ3v) is 3.23. The van der Waals surface area contributed by atoms with Crippen LogP contribution in [0.5, 0.6) is 0 Å². The summed E-state index contributed by atoms with van der Waals surface area (Å²) in [6, 6.07) is 0. The first kappa shape index (κ1) is 12.9. The summed E-state index contributed by atoms with van der Waals surface area (Å²) in [5.41, 5.74) is 5.70. The van der Waals surface area contributed by atoms with Gasteiger partial charge in [-0.2, -0.15) is 0 Å². The second-order valence-corrected chi connectivity index (χ2v) is 4.13. The molecular weight excluding hydrogens is 194 g/mol. The quantitative estimate of drug-likeness (QED) is 0.646. The molecule has 1 fully saturated rings. The molecule has 1 rings (SSSR count). The lowest BCUT2D eigenvalue weighted by Gasteiger charge is -2.19. The lowest BCUT2D eigenvalue weighted by atomic mass is 9.97. The molecule has 1 aliphatic carbocycles. The van der Waals surface area contributed by atoms with E-state index in [0.29, 0.717) is 18.4 Å². The van der Waals surface area contributed by atoms with Gasteiger partial charge in [0.15, 0.2) is 6.29 Å². The Morgan fingerprint density at radius 3 is 2.47 bits per heavy atom. The summed E-state index contributed by atoms with van der Waals surface area (Å²) < 4.78 is 15.7. The van der Waals surface area contributed by atoms with Crippen LogP contribution in [-0.2, 0) is 14.2 Å². The molecule has 0 aromatic heterocycles. The summed E-state index contributed by atoms with van der Waals surface area (Å²) in [6.45, 7) is 2.07. The number of nitrogens with two attached hydrogens (primary N) is 1. The zero-order valence-corrected chi connectivity index (χ0v) is 9.78. The zero-order valence-electron chi connectivity index (χ0n) is 9.78. The van der Waals surface area contributed by atoms with E-state index in [-0.39, 0.29) is 6.29 Å². The van der Waals surface area contributed by atoms with Crippen LogP contribution in [0.25, 0.3) is 0 Å². The largest absolute Gasteiger partial charge is 0.376 e. The van der Waals surface area contributed by atoms with E-state index in [2.05, 4.69) is 0 Å². The number of hydrogen-bond donors (Lipinski definition) is 1. The van der Waals surface area contributed by atoms with Crippen LogP contribution in [-0.4, -0.2) is 40.3 Å². The Bertz CT molecular complexity index is 162. The van der Waals surface area contributed by atoms with Crippen LogP contribution in [0.3, 0.4) is 0 Å². The molecular formula is C11H23NO3. The van der Waals surface area contributed by atoms with Crippen molar-refractivity contribution in [3.63, 3.8) is 0 Å². The summed E-state index contributed by atoms with van der Waals surface area (Å²) in [4.78, 5) is 0. The highest BCUT2D eigenvalue weighted by molar-refractivity contribution is 4.77. The minimum absolute atomic E-state index is 0.247. The van der Waals surface area contributed by atoms with Crippen LogP contribution >= 0.6 is 0 Å². The third kappa shape index (κ3) is 4.07. The minimum atomic E-state index is -0.247. The van der Waals surface area contributed by atoms with Crippen molar-refractivity contribution in [1.29, 1.82) is 0 Å². The predicted octanol–water partition coefficient (Wildman–Crippen LogP) is 0.997. The first-order valence-electron chi connectivity index (χ1n) is 5.65. The second-order valence-electron chi connectivity index (χ2n) is 4.13. The van der Waals surface area contributed by atoms with Crippen molar-refractivity contribution in [3.05, 3.63) is 0 Å². The Morgan fingerprint density at radius 1 is 1.20 bits per heavy atom. The molecule has 1 aliphatic rings. The highest BCUT2D eigenvalue weighted by atomic mass is 16.7. The highest BCUT2D eigenvalue weighted by Crippen LogP contribution is 2.30. The van der Waals surface area contributed by atoms with E-state index in [4.69, 9.17) is 19.9 Å². The minimum Gasteiger partial charge on any atom is -0.376 e. The van der Waals surface area contributed by atoms with Gasteiger partial charge in [-0.1, -0.05) is 6.42 Å². The first-order chi connectivity index (χ1) is 7.31. The fourth-order valence-electron chi connectivity index (χ4n) is 2.19. The Kier molecular flexibility index (Phi) is 6.17. The second kappa shape index (κ2) is 7.17. The zero-order chi connectivity index (χ0) is 11.1. The van der Waals surface area contributed by atoms with Crippen molar-refractivity contribution in [2.45, 2.75) is 25.6 Å². The van der Waals surface area contributed by atoms with Gasteiger partial charge < -0.3 is 19.9 Å². The Morgan fingerprint density at radius 2 is 1.87 bits per heavy atom. The van der Waals surface area contributed by atoms with E-state index < -0.39 is 0 Å². The molecule has 0 heterocycles. The van der Waals surface area contributed by atoms with Gasteiger partial charge in [0.2, 0.25) is 0 Å². The summed E-state index contributed by atoms with van der Waals surface area (Å²) >= 11 is 0. The van der Waals surface area contributed by atoms with Gasteiger partial charge in [0, 0.05) is 20.8 Å². The molecule has 0 saturated heterocycles. The lowest BCUT2D eigenvalue weighted by molar-refractivity contribution is -0.143. The van der Waals surface area contributed by atoms with Crippen LogP contribution in [0, 0.1) is 11.8 Å². The van der Waals surface area contributed by atoms with Crippen molar-refractivity contribution >= 4 is 0 Å². The molecule has 0 amide bonds. The van der Waals surface area contributed by atoms with Crippen molar-refractivity contribution in [3.8, 4) is 0 Å². The van der Waals surface area contributed by atoms with Crippen molar-refractivity contribution in [2.24, 2.45) is 17.6 Å². The molecule has 0 radical (unpaired) electrons. The topological polar surface area (TPSA) is 53.7 Å². The van der Waals surface area contributed by atoms with E-state index in [0.717, 1.165) is 13.2 Å². The Hall–Kier alpha value is -0.160. The average molecular weight is 217 g/mol. The van der Waals surface area contributed by atoms with Gasteiger partial charge in [0.1, 0.15) is 0 Å². The molecule has 2 atom stereocenters. The van der Waals surface area contributed by atoms with Gasteiger partial charge in [-0.3, -0.25) is 0 Å². The number of rotatable bonds is 7. The van der Waals surface area contributed by atoms with Crippen LogP contribution < -0.4 is 5.73 Å². The molecule has 15 heavy (non-hydrogen) atoms. The Labute approximate surface area is 92.1 Å². The SMILES string of the molecule is COC(COCC1CCCC1CN)OC. The highest BCUT2D eigenvalue weighted by Gasteiger charge is 2.26. The summed E-state index contributed by atoms with van der Waals surface area (Å²) in [5.74, 6) is 1.28. The standard InChI is InChI=1S/C11H23NO3/c1-13-11(14-2)8-15-7-10-5-3-4-9(10)6-12/h9-11H,3-8,12H2,1-2H3. The fraction of sp³-hybridized carbons (Fsp3) is 1.00. The lowest BCUT2D eigenvalue weighted by Crippen LogP contribution is -2.26. The van der Waals surface area contributed by atoms with E-state index in [1.165, 1.54) is 19.3 Å².